The van der Waals surface area contributed by atoms with E-state index in [4.69, 9.17) is 5.11 Å². The van der Waals surface area contributed by atoms with Gasteiger partial charge in [0.1, 0.15) is 0 Å². The molecule has 0 fully saturated rings. The van der Waals surface area contributed by atoms with Gasteiger partial charge in [-0.05, 0) is 12.8 Å². The lowest BCUT2D eigenvalue weighted by Gasteiger charge is -1.96. The van der Waals surface area contributed by atoms with Crippen molar-refractivity contribution < 1.29 is 9.90 Å². The van der Waals surface area contributed by atoms with E-state index in [0.29, 0.717) is 5.71 Å². The molecule has 1 rings (SSSR count). The van der Waals surface area contributed by atoms with E-state index in [1.165, 1.54) is 0 Å². The number of carbonyl (C=O) groups excluding carboxylic acids is 1. The summed E-state index contributed by atoms with van der Waals surface area (Å²) in [4.78, 5) is 14.0. The van der Waals surface area contributed by atoms with Crippen LogP contribution in [0.25, 0.3) is 0 Å². The highest BCUT2D eigenvalue weighted by molar-refractivity contribution is 6.28. The largest absolute Gasteiger partial charge is 0.394 e. The Hall–Kier alpha value is -0.700. The van der Waals surface area contributed by atoms with Crippen molar-refractivity contribution in [3.05, 3.63) is 0 Å². The minimum absolute atomic E-state index is 0.00907. The number of nitrogens with zero attached hydrogens (tertiary/aromatic N) is 1. The predicted molar refractivity (Wildman–Crippen MR) is 33.6 cm³/mol. The number of aliphatic hydroxyl groups is 1. The Morgan fingerprint density at radius 2 is 2.67 bits per heavy atom. The molecule has 0 spiro atoms. The molecule has 3 nitrogen and oxygen atoms in total. The van der Waals surface area contributed by atoms with Gasteiger partial charge in [0.05, 0.1) is 18.4 Å². The van der Waals surface area contributed by atoms with Gasteiger partial charge in [0, 0.05) is 0 Å². The van der Waals surface area contributed by atoms with E-state index in [0.717, 1.165) is 19.1 Å². The zero-order valence-electron chi connectivity index (χ0n) is 5.08. The summed E-state index contributed by atoms with van der Waals surface area (Å²) in [6.45, 7) is 0.0668. The van der Waals surface area contributed by atoms with Crippen molar-refractivity contribution in [2.45, 2.75) is 18.9 Å². The minimum Gasteiger partial charge on any atom is -0.394 e. The van der Waals surface area contributed by atoms with Gasteiger partial charge in [0.25, 0.3) is 0 Å². The van der Waals surface area contributed by atoms with Crippen LogP contribution in [0.4, 0.5) is 0 Å². The predicted octanol–water partition coefficient (Wildman–Crippen LogP) is -0.219. The van der Waals surface area contributed by atoms with E-state index in [1.807, 2.05) is 0 Å². The first kappa shape index (κ1) is 6.42. The Morgan fingerprint density at radius 1 is 1.89 bits per heavy atom. The molecule has 1 aliphatic rings. The molecule has 0 amide bonds. The summed E-state index contributed by atoms with van der Waals surface area (Å²) in [5.41, 5.74) is 0.592. The Bertz CT molecular complexity index is 142. The number of aliphatic imine (C=N–C) groups is 1. The van der Waals surface area contributed by atoms with Gasteiger partial charge >= 0.3 is 0 Å². The first-order chi connectivity index (χ1) is 4.36. The van der Waals surface area contributed by atoms with E-state index >= 15 is 0 Å². The van der Waals surface area contributed by atoms with E-state index < -0.39 is 0 Å². The van der Waals surface area contributed by atoms with Gasteiger partial charge in [-0.2, -0.15) is 0 Å². The van der Waals surface area contributed by atoms with Crippen LogP contribution in [0.15, 0.2) is 4.99 Å². The van der Waals surface area contributed by atoms with Gasteiger partial charge in [0.2, 0.25) is 0 Å². The molecule has 1 atom stereocenters. The van der Waals surface area contributed by atoms with E-state index in [-0.39, 0.29) is 12.6 Å². The Balaban J connectivity index is 2.49. The maximum Gasteiger partial charge on any atom is 0.163 e. The SMILES string of the molecule is O=CC1=NC(CO)CC1. The third kappa shape index (κ3) is 1.36. The van der Waals surface area contributed by atoms with Crippen LogP contribution in [-0.4, -0.2) is 29.8 Å². The molecular weight excluding hydrogens is 118 g/mol. The number of hydrogen-bond donors (Lipinski definition) is 1. The first-order valence-corrected chi connectivity index (χ1v) is 2.99. The number of hydrogen-bond acceptors (Lipinski definition) is 3. The van der Waals surface area contributed by atoms with Crippen LogP contribution in [0.3, 0.4) is 0 Å². The lowest BCUT2D eigenvalue weighted by atomic mass is 10.2. The van der Waals surface area contributed by atoms with Crippen molar-refractivity contribution in [3.8, 4) is 0 Å². The topological polar surface area (TPSA) is 49.7 Å². The van der Waals surface area contributed by atoms with Crippen LogP contribution in [0.1, 0.15) is 12.8 Å². The van der Waals surface area contributed by atoms with E-state index in [2.05, 4.69) is 4.99 Å². The molecule has 0 aromatic heterocycles. The molecule has 50 valence electrons. The normalized spacial score (nSPS) is 25.9. The van der Waals surface area contributed by atoms with E-state index in [1.54, 1.807) is 0 Å². The van der Waals surface area contributed by atoms with Crippen LogP contribution in [0.5, 0.6) is 0 Å². The first-order valence-electron chi connectivity index (χ1n) is 2.99. The summed E-state index contributed by atoms with van der Waals surface area (Å²) >= 11 is 0. The van der Waals surface area contributed by atoms with Crippen LogP contribution >= 0.6 is 0 Å². The van der Waals surface area contributed by atoms with Crippen LogP contribution in [-0.2, 0) is 4.79 Å². The zero-order valence-corrected chi connectivity index (χ0v) is 5.08. The van der Waals surface area contributed by atoms with Crippen LogP contribution < -0.4 is 0 Å². The molecule has 0 aromatic carbocycles. The molecule has 1 unspecified atom stereocenters. The summed E-state index contributed by atoms with van der Waals surface area (Å²) in [5.74, 6) is 0. The Kier molecular flexibility index (Phi) is 1.95. The zero-order chi connectivity index (χ0) is 6.69. The Labute approximate surface area is 53.4 Å². The Morgan fingerprint density at radius 3 is 3.00 bits per heavy atom. The molecule has 9 heavy (non-hydrogen) atoms. The lowest BCUT2D eigenvalue weighted by Crippen LogP contribution is -2.04. The maximum absolute atomic E-state index is 10.1. The molecule has 1 heterocycles. The maximum atomic E-state index is 10.1. The molecule has 0 bridgehead atoms. The molecule has 3 heteroatoms. The molecule has 0 aromatic rings. The number of aliphatic hydroxyl groups excluding tert-OH is 1. The molecule has 1 N–H and O–H groups in total. The average molecular weight is 127 g/mol. The molecule has 1 aliphatic heterocycles. The van der Waals surface area contributed by atoms with Gasteiger partial charge in [-0.15, -0.1) is 0 Å². The van der Waals surface area contributed by atoms with Crippen molar-refractivity contribution in [2.24, 2.45) is 4.99 Å². The lowest BCUT2D eigenvalue weighted by molar-refractivity contribution is -0.102. The third-order valence-electron chi connectivity index (χ3n) is 1.43. The minimum atomic E-state index is -0.00907. The van der Waals surface area contributed by atoms with Crippen molar-refractivity contribution in [1.82, 2.24) is 0 Å². The standard InChI is InChI=1S/C6H9NO2/c8-3-5-1-2-6(4-9)7-5/h3,6,9H,1-2,4H2. The second kappa shape index (κ2) is 2.73. The van der Waals surface area contributed by atoms with Gasteiger partial charge in [-0.25, -0.2) is 0 Å². The second-order valence-electron chi connectivity index (χ2n) is 2.11. The fourth-order valence-electron chi connectivity index (χ4n) is 0.900. The number of carbonyl (C=O) groups is 1. The molecule has 0 saturated heterocycles. The monoisotopic (exact) mass is 127 g/mol. The summed E-state index contributed by atoms with van der Waals surface area (Å²) in [7, 11) is 0. The summed E-state index contributed by atoms with van der Waals surface area (Å²) in [6, 6.07) is -0.00907. The fourth-order valence-corrected chi connectivity index (χ4v) is 0.900. The smallest absolute Gasteiger partial charge is 0.163 e. The van der Waals surface area contributed by atoms with Crippen molar-refractivity contribution in [2.75, 3.05) is 6.61 Å². The summed E-state index contributed by atoms with van der Waals surface area (Å²) in [6.07, 6.45) is 2.31. The van der Waals surface area contributed by atoms with E-state index in [9.17, 15) is 4.79 Å². The highest BCUT2D eigenvalue weighted by Gasteiger charge is 2.14. The van der Waals surface area contributed by atoms with Gasteiger partial charge in [-0.1, -0.05) is 0 Å². The molecule has 0 saturated carbocycles. The summed E-state index contributed by atoms with van der Waals surface area (Å²) < 4.78 is 0. The van der Waals surface area contributed by atoms with Gasteiger partial charge < -0.3 is 5.11 Å². The number of rotatable bonds is 2. The molecule has 0 aliphatic carbocycles. The number of aldehydes is 1. The van der Waals surface area contributed by atoms with Gasteiger partial charge in [-0.3, -0.25) is 9.79 Å². The fraction of sp³-hybridized carbons (Fsp3) is 0.667. The summed E-state index contributed by atoms with van der Waals surface area (Å²) in [5, 5.41) is 8.56. The average Bonchev–Trinajstić information content (AvgIpc) is 2.34. The van der Waals surface area contributed by atoms with Gasteiger partial charge in [0.15, 0.2) is 6.29 Å². The molecule has 0 radical (unpaired) electrons. The van der Waals surface area contributed by atoms with Crippen LogP contribution in [0, 0.1) is 0 Å². The third-order valence-corrected chi connectivity index (χ3v) is 1.43. The second-order valence-corrected chi connectivity index (χ2v) is 2.11. The van der Waals surface area contributed by atoms with Crippen LogP contribution in [0.2, 0.25) is 0 Å². The van der Waals surface area contributed by atoms with Crippen molar-refractivity contribution in [1.29, 1.82) is 0 Å². The highest BCUT2D eigenvalue weighted by Crippen LogP contribution is 2.10. The van der Waals surface area contributed by atoms with Crippen molar-refractivity contribution >= 4 is 12.0 Å². The molecular formula is C6H9NO2. The highest BCUT2D eigenvalue weighted by atomic mass is 16.3. The quantitative estimate of drug-likeness (QED) is 0.521. The van der Waals surface area contributed by atoms with Crippen molar-refractivity contribution in [3.63, 3.8) is 0 Å².